The molecule has 0 spiro atoms. The van der Waals surface area contributed by atoms with Crippen LogP contribution in [0.15, 0.2) is 16.6 Å². The van der Waals surface area contributed by atoms with Gasteiger partial charge in [0.25, 0.3) is 0 Å². The normalized spacial score (nSPS) is 10.3. The van der Waals surface area contributed by atoms with Crippen LogP contribution in [0, 0.1) is 13.8 Å². The van der Waals surface area contributed by atoms with Gasteiger partial charge in [0.15, 0.2) is 0 Å². The minimum Gasteiger partial charge on any atom is -0.316 e. The highest BCUT2D eigenvalue weighted by Gasteiger charge is 2.00. The van der Waals surface area contributed by atoms with Crippen molar-refractivity contribution in [3.05, 3.63) is 33.3 Å². The minimum atomic E-state index is 0.486. The molecule has 66 valence electrons. The van der Waals surface area contributed by atoms with Crippen LogP contribution in [-0.2, 0) is 6.54 Å². The second-order valence-corrected chi connectivity index (χ2v) is 3.71. The van der Waals surface area contributed by atoms with Crippen LogP contribution >= 0.6 is 15.9 Å². The van der Waals surface area contributed by atoms with E-state index in [0.29, 0.717) is 6.54 Å². The number of benzene rings is 1. The molecular formula is C9H12BrNO. The molecule has 0 atom stereocenters. The van der Waals surface area contributed by atoms with Crippen LogP contribution in [0.2, 0.25) is 0 Å². The summed E-state index contributed by atoms with van der Waals surface area (Å²) in [5.74, 6) is 0. The van der Waals surface area contributed by atoms with Crippen LogP contribution in [0.5, 0.6) is 0 Å². The first kappa shape index (κ1) is 9.71. The van der Waals surface area contributed by atoms with E-state index in [0.717, 1.165) is 10.0 Å². The molecule has 1 aromatic carbocycles. The molecule has 0 unspecified atom stereocenters. The van der Waals surface area contributed by atoms with Crippen molar-refractivity contribution in [1.29, 1.82) is 0 Å². The van der Waals surface area contributed by atoms with Crippen LogP contribution in [0.1, 0.15) is 16.7 Å². The van der Waals surface area contributed by atoms with Gasteiger partial charge in [0.05, 0.1) is 0 Å². The van der Waals surface area contributed by atoms with Gasteiger partial charge in [-0.05, 0) is 36.6 Å². The molecule has 0 aromatic heterocycles. The zero-order valence-corrected chi connectivity index (χ0v) is 8.77. The summed E-state index contributed by atoms with van der Waals surface area (Å²) in [4.78, 5) is 0. The van der Waals surface area contributed by atoms with Gasteiger partial charge in [-0.25, -0.2) is 5.48 Å². The molecule has 0 bridgehead atoms. The van der Waals surface area contributed by atoms with Crippen molar-refractivity contribution in [2.45, 2.75) is 20.4 Å². The van der Waals surface area contributed by atoms with Crippen molar-refractivity contribution in [3.63, 3.8) is 0 Å². The summed E-state index contributed by atoms with van der Waals surface area (Å²) < 4.78 is 1.09. The van der Waals surface area contributed by atoms with Crippen LogP contribution in [0.4, 0.5) is 0 Å². The third-order valence-corrected chi connectivity index (χ3v) is 2.77. The van der Waals surface area contributed by atoms with Crippen molar-refractivity contribution < 1.29 is 5.21 Å². The Morgan fingerprint density at radius 2 is 2.08 bits per heavy atom. The molecule has 0 aliphatic rings. The highest BCUT2D eigenvalue weighted by Crippen LogP contribution is 2.21. The van der Waals surface area contributed by atoms with E-state index in [9.17, 15) is 0 Å². The van der Waals surface area contributed by atoms with E-state index < -0.39 is 0 Å². The Balaban J connectivity index is 3.04. The monoisotopic (exact) mass is 229 g/mol. The lowest BCUT2D eigenvalue weighted by atomic mass is 10.1. The first-order valence-electron chi connectivity index (χ1n) is 3.77. The molecule has 0 aliphatic heterocycles. The fourth-order valence-electron chi connectivity index (χ4n) is 1.08. The molecule has 0 saturated heterocycles. The second kappa shape index (κ2) is 4.03. The molecule has 0 aliphatic carbocycles. The lowest BCUT2D eigenvalue weighted by Gasteiger charge is -2.06. The van der Waals surface area contributed by atoms with Crippen molar-refractivity contribution >= 4 is 15.9 Å². The summed E-state index contributed by atoms with van der Waals surface area (Å²) in [7, 11) is 0. The van der Waals surface area contributed by atoms with Crippen molar-refractivity contribution in [2.24, 2.45) is 0 Å². The molecule has 0 amide bonds. The summed E-state index contributed by atoms with van der Waals surface area (Å²) in [6.45, 7) is 4.61. The summed E-state index contributed by atoms with van der Waals surface area (Å²) in [6, 6.07) is 4.06. The first-order chi connectivity index (χ1) is 5.65. The molecule has 0 fully saturated rings. The number of hydrogen-bond donors (Lipinski definition) is 2. The molecule has 0 heterocycles. The average Bonchev–Trinajstić information content (AvgIpc) is 2.01. The maximum absolute atomic E-state index is 8.51. The molecule has 3 heteroatoms. The molecule has 1 aromatic rings. The summed E-state index contributed by atoms with van der Waals surface area (Å²) >= 11 is 3.46. The van der Waals surface area contributed by atoms with E-state index in [2.05, 4.69) is 41.3 Å². The fraction of sp³-hybridized carbons (Fsp3) is 0.333. The Morgan fingerprint density at radius 1 is 1.42 bits per heavy atom. The SMILES string of the molecule is Cc1cc(CNO)cc(Br)c1C. The van der Waals surface area contributed by atoms with E-state index in [4.69, 9.17) is 5.21 Å². The maximum Gasteiger partial charge on any atom is 0.0458 e. The molecule has 2 nitrogen and oxygen atoms in total. The molecule has 1 rings (SSSR count). The zero-order chi connectivity index (χ0) is 9.14. The number of halogens is 1. The van der Waals surface area contributed by atoms with Gasteiger partial charge in [0.2, 0.25) is 0 Å². The van der Waals surface area contributed by atoms with E-state index >= 15 is 0 Å². The van der Waals surface area contributed by atoms with Crippen molar-refractivity contribution in [2.75, 3.05) is 0 Å². The van der Waals surface area contributed by atoms with E-state index in [-0.39, 0.29) is 0 Å². The average molecular weight is 230 g/mol. The van der Waals surface area contributed by atoms with Gasteiger partial charge < -0.3 is 5.21 Å². The van der Waals surface area contributed by atoms with E-state index in [1.54, 1.807) is 0 Å². The first-order valence-corrected chi connectivity index (χ1v) is 4.57. The van der Waals surface area contributed by atoms with Crippen molar-refractivity contribution in [3.8, 4) is 0 Å². The largest absolute Gasteiger partial charge is 0.316 e. The van der Waals surface area contributed by atoms with Gasteiger partial charge >= 0.3 is 0 Å². The summed E-state index contributed by atoms with van der Waals surface area (Å²) in [5.41, 5.74) is 5.69. The molecule has 0 radical (unpaired) electrons. The smallest absolute Gasteiger partial charge is 0.0458 e. The number of rotatable bonds is 2. The van der Waals surface area contributed by atoms with Crippen molar-refractivity contribution in [1.82, 2.24) is 5.48 Å². The quantitative estimate of drug-likeness (QED) is 0.765. The maximum atomic E-state index is 8.51. The summed E-state index contributed by atoms with van der Waals surface area (Å²) in [5, 5.41) is 8.51. The topological polar surface area (TPSA) is 32.3 Å². The standard InChI is InChI=1S/C9H12BrNO/c1-6-3-8(5-11-12)4-9(10)7(6)2/h3-4,11-12H,5H2,1-2H3. The van der Waals surface area contributed by atoms with Crippen LogP contribution in [0.3, 0.4) is 0 Å². The Morgan fingerprint density at radius 3 is 2.58 bits per heavy atom. The molecule has 0 saturated carbocycles. The highest BCUT2D eigenvalue weighted by atomic mass is 79.9. The Kier molecular flexibility index (Phi) is 3.26. The second-order valence-electron chi connectivity index (χ2n) is 2.85. The number of nitrogens with one attached hydrogen (secondary N) is 1. The Hall–Kier alpha value is -0.380. The number of hydroxylamine groups is 1. The predicted octanol–water partition coefficient (Wildman–Crippen LogP) is 2.54. The third-order valence-electron chi connectivity index (χ3n) is 1.95. The van der Waals surface area contributed by atoms with E-state index in [1.165, 1.54) is 11.1 Å². The van der Waals surface area contributed by atoms with Gasteiger partial charge in [-0.1, -0.05) is 22.0 Å². The number of hydrogen-bond acceptors (Lipinski definition) is 2. The highest BCUT2D eigenvalue weighted by molar-refractivity contribution is 9.10. The van der Waals surface area contributed by atoms with Gasteiger partial charge in [-0.2, -0.15) is 0 Å². The van der Waals surface area contributed by atoms with Gasteiger partial charge in [0.1, 0.15) is 0 Å². The van der Waals surface area contributed by atoms with Crippen LogP contribution in [0.25, 0.3) is 0 Å². The van der Waals surface area contributed by atoms with Gasteiger partial charge in [-0.3, -0.25) is 0 Å². The third kappa shape index (κ3) is 2.06. The van der Waals surface area contributed by atoms with Gasteiger partial charge in [-0.15, -0.1) is 0 Å². The Bertz CT molecular complexity index is 263. The van der Waals surface area contributed by atoms with Gasteiger partial charge in [0, 0.05) is 11.0 Å². The summed E-state index contributed by atoms with van der Waals surface area (Å²) in [6.07, 6.45) is 0. The van der Waals surface area contributed by atoms with Crippen LogP contribution in [-0.4, -0.2) is 5.21 Å². The fourth-order valence-corrected chi connectivity index (χ4v) is 1.69. The zero-order valence-electron chi connectivity index (χ0n) is 7.19. The number of aryl methyl sites for hydroxylation is 1. The lowest BCUT2D eigenvalue weighted by molar-refractivity contribution is 0.161. The molecule has 12 heavy (non-hydrogen) atoms. The minimum absolute atomic E-state index is 0.486. The predicted molar refractivity (Wildman–Crippen MR) is 52.2 cm³/mol. The Labute approximate surface area is 80.7 Å². The van der Waals surface area contributed by atoms with E-state index in [1.807, 2.05) is 6.07 Å². The molecule has 2 N–H and O–H groups in total. The van der Waals surface area contributed by atoms with Crippen LogP contribution < -0.4 is 5.48 Å². The lowest BCUT2D eigenvalue weighted by Crippen LogP contribution is -2.06. The molecular weight excluding hydrogens is 218 g/mol.